The first-order valence-corrected chi connectivity index (χ1v) is 6.57. The molecule has 0 spiro atoms. The van der Waals surface area contributed by atoms with Crippen LogP contribution in [-0.4, -0.2) is 18.5 Å². The van der Waals surface area contributed by atoms with E-state index in [0.29, 0.717) is 0 Å². The molecule has 0 radical (unpaired) electrons. The van der Waals surface area contributed by atoms with E-state index in [1.165, 1.54) is 5.56 Å². The number of rotatable bonds is 1. The number of nitrogens with two attached hydrogens (primary N) is 1. The Morgan fingerprint density at radius 3 is 2.39 bits per heavy atom. The Bertz CT molecular complexity index is 431. The molecule has 1 unspecified atom stereocenters. The highest BCUT2D eigenvalue weighted by atomic mass is 16.2. The molecule has 1 aromatic rings. The van der Waals surface area contributed by atoms with E-state index >= 15 is 0 Å². The molecule has 0 aromatic heterocycles. The molecular formula is C15H22N2O. The van der Waals surface area contributed by atoms with E-state index in [9.17, 15) is 4.79 Å². The summed E-state index contributed by atoms with van der Waals surface area (Å²) in [6, 6.07) is 7.92. The van der Waals surface area contributed by atoms with Crippen molar-refractivity contribution in [2.24, 2.45) is 5.73 Å². The van der Waals surface area contributed by atoms with Gasteiger partial charge in [0.05, 0.1) is 6.04 Å². The molecule has 1 aliphatic heterocycles. The molecule has 2 rings (SSSR count). The summed E-state index contributed by atoms with van der Waals surface area (Å²) in [5.74, 6) is 0.0461. The third-order valence-electron chi connectivity index (χ3n) is 3.53. The summed E-state index contributed by atoms with van der Waals surface area (Å²) in [5, 5.41) is 0. The lowest BCUT2D eigenvalue weighted by Gasteiger charge is -2.31. The first-order valence-electron chi connectivity index (χ1n) is 6.57. The zero-order valence-corrected chi connectivity index (χ0v) is 11.4. The van der Waals surface area contributed by atoms with Crippen LogP contribution in [0.25, 0.3) is 0 Å². The largest absolute Gasteiger partial charge is 0.320 e. The monoisotopic (exact) mass is 246 g/mol. The smallest absolute Gasteiger partial charge is 0.243 e. The molecule has 1 saturated heterocycles. The fourth-order valence-corrected chi connectivity index (χ4v) is 2.30. The second-order valence-corrected chi connectivity index (χ2v) is 6.04. The van der Waals surface area contributed by atoms with Crippen LogP contribution in [0, 0.1) is 0 Å². The lowest BCUT2D eigenvalue weighted by atomic mass is 9.87. The van der Waals surface area contributed by atoms with Gasteiger partial charge in [-0.15, -0.1) is 0 Å². The van der Waals surface area contributed by atoms with Crippen LogP contribution in [0.1, 0.15) is 39.2 Å². The first-order chi connectivity index (χ1) is 8.39. The third-order valence-corrected chi connectivity index (χ3v) is 3.53. The van der Waals surface area contributed by atoms with Crippen LogP contribution >= 0.6 is 0 Å². The van der Waals surface area contributed by atoms with Crippen molar-refractivity contribution in [1.29, 1.82) is 0 Å². The van der Waals surface area contributed by atoms with E-state index in [1.54, 1.807) is 4.90 Å². The van der Waals surface area contributed by atoms with E-state index < -0.39 is 0 Å². The normalized spacial score (nSPS) is 21.2. The van der Waals surface area contributed by atoms with Crippen molar-refractivity contribution in [2.75, 3.05) is 11.4 Å². The van der Waals surface area contributed by atoms with Gasteiger partial charge in [-0.3, -0.25) is 4.79 Å². The highest BCUT2D eigenvalue weighted by molar-refractivity contribution is 5.97. The summed E-state index contributed by atoms with van der Waals surface area (Å²) >= 11 is 0. The molecular weight excluding hydrogens is 224 g/mol. The minimum atomic E-state index is -0.332. The molecule has 1 fully saturated rings. The van der Waals surface area contributed by atoms with Crippen molar-refractivity contribution in [3.8, 4) is 0 Å². The van der Waals surface area contributed by atoms with E-state index in [1.807, 2.05) is 12.1 Å². The zero-order chi connectivity index (χ0) is 13.3. The van der Waals surface area contributed by atoms with Crippen LogP contribution in [0.2, 0.25) is 0 Å². The quantitative estimate of drug-likeness (QED) is 0.827. The molecule has 3 nitrogen and oxygen atoms in total. The topological polar surface area (TPSA) is 46.3 Å². The fraction of sp³-hybridized carbons (Fsp3) is 0.533. The lowest BCUT2D eigenvalue weighted by molar-refractivity contribution is -0.120. The maximum Gasteiger partial charge on any atom is 0.243 e. The van der Waals surface area contributed by atoms with E-state index in [0.717, 1.165) is 25.1 Å². The molecule has 1 aliphatic rings. The second kappa shape index (κ2) is 4.73. The van der Waals surface area contributed by atoms with Gasteiger partial charge in [0.25, 0.3) is 0 Å². The van der Waals surface area contributed by atoms with Crippen molar-refractivity contribution < 1.29 is 4.79 Å². The molecule has 1 atom stereocenters. The molecule has 2 N–H and O–H groups in total. The van der Waals surface area contributed by atoms with Crippen molar-refractivity contribution in [1.82, 2.24) is 0 Å². The van der Waals surface area contributed by atoms with Gasteiger partial charge in [0.15, 0.2) is 0 Å². The summed E-state index contributed by atoms with van der Waals surface area (Å²) in [5.41, 5.74) is 8.19. The Morgan fingerprint density at radius 2 is 1.83 bits per heavy atom. The number of carbonyl (C=O) groups excluding carboxylic acids is 1. The SMILES string of the molecule is CC(C)(C)c1ccc(N2CCCC(N)C2=O)cc1. The van der Waals surface area contributed by atoms with Crippen LogP contribution in [0.5, 0.6) is 0 Å². The van der Waals surface area contributed by atoms with Gasteiger partial charge < -0.3 is 10.6 Å². The van der Waals surface area contributed by atoms with Gasteiger partial charge in [-0.2, -0.15) is 0 Å². The molecule has 3 heteroatoms. The minimum Gasteiger partial charge on any atom is -0.320 e. The molecule has 0 aliphatic carbocycles. The summed E-state index contributed by atoms with van der Waals surface area (Å²) in [4.78, 5) is 13.8. The number of benzene rings is 1. The number of carbonyl (C=O) groups is 1. The third kappa shape index (κ3) is 2.56. The molecule has 1 aromatic carbocycles. The summed E-state index contributed by atoms with van der Waals surface area (Å²) in [7, 11) is 0. The summed E-state index contributed by atoms with van der Waals surface area (Å²) in [6.45, 7) is 7.33. The zero-order valence-electron chi connectivity index (χ0n) is 11.4. The van der Waals surface area contributed by atoms with Crippen LogP contribution < -0.4 is 10.6 Å². The standard InChI is InChI=1S/C15H22N2O/c1-15(2,3)11-6-8-12(9-7-11)17-10-4-5-13(16)14(17)18/h6-9,13H,4-5,10,16H2,1-3H3. The molecule has 0 bridgehead atoms. The van der Waals surface area contributed by atoms with Gasteiger partial charge in [-0.25, -0.2) is 0 Å². The number of amides is 1. The number of hydrogen-bond acceptors (Lipinski definition) is 2. The predicted molar refractivity (Wildman–Crippen MR) is 74.7 cm³/mol. The maximum absolute atomic E-state index is 12.0. The van der Waals surface area contributed by atoms with Gasteiger partial charge in [-0.05, 0) is 36.0 Å². The van der Waals surface area contributed by atoms with Gasteiger partial charge in [0, 0.05) is 12.2 Å². The lowest BCUT2D eigenvalue weighted by Crippen LogP contribution is -2.48. The molecule has 1 amide bonds. The Morgan fingerprint density at radius 1 is 1.22 bits per heavy atom. The molecule has 18 heavy (non-hydrogen) atoms. The van der Waals surface area contributed by atoms with Crippen LogP contribution in [0.3, 0.4) is 0 Å². The Balaban J connectivity index is 2.22. The number of piperidine rings is 1. The highest BCUT2D eigenvalue weighted by Gasteiger charge is 2.26. The fourth-order valence-electron chi connectivity index (χ4n) is 2.30. The van der Waals surface area contributed by atoms with Crippen LogP contribution in [0.15, 0.2) is 24.3 Å². The van der Waals surface area contributed by atoms with Crippen LogP contribution in [0.4, 0.5) is 5.69 Å². The Hall–Kier alpha value is -1.35. The van der Waals surface area contributed by atoms with Gasteiger partial charge in [-0.1, -0.05) is 32.9 Å². The van der Waals surface area contributed by atoms with Gasteiger partial charge in [0.2, 0.25) is 5.91 Å². The van der Waals surface area contributed by atoms with E-state index in [2.05, 4.69) is 32.9 Å². The van der Waals surface area contributed by atoms with Crippen molar-refractivity contribution >= 4 is 11.6 Å². The molecule has 1 heterocycles. The van der Waals surface area contributed by atoms with E-state index in [4.69, 9.17) is 5.73 Å². The maximum atomic E-state index is 12.0. The molecule has 0 saturated carbocycles. The number of hydrogen-bond donors (Lipinski definition) is 1. The number of anilines is 1. The van der Waals surface area contributed by atoms with Crippen molar-refractivity contribution in [3.63, 3.8) is 0 Å². The first kappa shape index (κ1) is 13.1. The van der Waals surface area contributed by atoms with Gasteiger partial charge in [0.1, 0.15) is 0 Å². The summed E-state index contributed by atoms with van der Waals surface area (Å²) < 4.78 is 0. The van der Waals surface area contributed by atoms with Crippen LogP contribution in [-0.2, 0) is 10.2 Å². The average molecular weight is 246 g/mol. The average Bonchev–Trinajstić information content (AvgIpc) is 2.32. The Kier molecular flexibility index (Phi) is 3.44. The van der Waals surface area contributed by atoms with Crippen molar-refractivity contribution in [2.45, 2.75) is 45.1 Å². The molecule has 98 valence electrons. The Labute approximate surface area is 109 Å². The van der Waals surface area contributed by atoms with Gasteiger partial charge >= 0.3 is 0 Å². The number of nitrogens with zero attached hydrogens (tertiary/aromatic N) is 1. The highest BCUT2D eigenvalue weighted by Crippen LogP contribution is 2.26. The predicted octanol–water partition coefficient (Wildman–Crippen LogP) is 2.44. The minimum absolute atomic E-state index is 0.0461. The van der Waals surface area contributed by atoms with E-state index in [-0.39, 0.29) is 17.4 Å². The summed E-state index contributed by atoms with van der Waals surface area (Å²) in [6.07, 6.45) is 1.78. The second-order valence-electron chi connectivity index (χ2n) is 6.04. The van der Waals surface area contributed by atoms with Crippen molar-refractivity contribution in [3.05, 3.63) is 29.8 Å².